The van der Waals surface area contributed by atoms with Crippen LogP contribution in [0.4, 0.5) is 4.39 Å². The van der Waals surface area contributed by atoms with Gasteiger partial charge >= 0.3 is 0 Å². The smallest absolute Gasteiger partial charge is 0.229 e. The second kappa shape index (κ2) is 6.14. The molecule has 3 N–H and O–H groups in total. The van der Waals surface area contributed by atoms with E-state index in [-0.39, 0.29) is 23.7 Å². The Morgan fingerprint density at radius 2 is 1.89 bits per heavy atom. The third-order valence-corrected chi connectivity index (χ3v) is 4.88. The minimum Gasteiger partial charge on any atom is -0.229 e. The Labute approximate surface area is 115 Å². The second-order valence-corrected chi connectivity index (χ2v) is 7.57. The molecule has 0 heterocycles. The van der Waals surface area contributed by atoms with E-state index in [9.17, 15) is 21.2 Å². The molecular formula is C9H12ClFN2O4S2. The summed E-state index contributed by atoms with van der Waals surface area (Å²) < 4.78 is 60.0. The number of rotatable bonds is 6. The Morgan fingerprint density at radius 3 is 2.47 bits per heavy atom. The molecule has 0 unspecified atom stereocenters. The Balaban J connectivity index is 2.74. The molecule has 1 aromatic rings. The van der Waals surface area contributed by atoms with E-state index in [1.807, 2.05) is 0 Å². The van der Waals surface area contributed by atoms with Crippen LogP contribution in [0.3, 0.4) is 0 Å². The highest BCUT2D eigenvalue weighted by molar-refractivity contribution is 7.89. The third-order valence-electron chi connectivity index (χ3n) is 2.08. The van der Waals surface area contributed by atoms with E-state index in [0.717, 1.165) is 18.2 Å². The minimum atomic E-state index is -3.99. The fourth-order valence-electron chi connectivity index (χ4n) is 1.24. The van der Waals surface area contributed by atoms with E-state index in [4.69, 9.17) is 16.7 Å². The van der Waals surface area contributed by atoms with Crippen molar-refractivity contribution in [2.24, 2.45) is 5.14 Å². The summed E-state index contributed by atoms with van der Waals surface area (Å²) in [6.07, 6.45) is 0.00496. The molecule has 19 heavy (non-hydrogen) atoms. The second-order valence-electron chi connectivity index (χ2n) is 3.69. The van der Waals surface area contributed by atoms with Gasteiger partial charge in [0.05, 0.1) is 10.8 Å². The molecule has 0 radical (unpaired) electrons. The van der Waals surface area contributed by atoms with Gasteiger partial charge in [0.15, 0.2) is 0 Å². The average molecular weight is 331 g/mol. The van der Waals surface area contributed by atoms with Crippen molar-refractivity contribution >= 4 is 31.6 Å². The number of primary sulfonamides is 1. The number of benzene rings is 1. The van der Waals surface area contributed by atoms with E-state index in [1.165, 1.54) is 0 Å². The fourth-order valence-corrected chi connectivity index (χ4v) is 3.37. The van der Waals surface area contributed by atoms with Gasteiger partial charge in [0.25, 0.3) is 0 Å². The maximum absolute atomic E-state index is 13.0. The highest BCUT2D eigenvalue weighted by Gasteiger charge is 2.18. The van der Waals surface area contributed by atoms with E-state index in [0.29, 0.717) is 0 Å². The zero-order valence-electron chi connectivity index (χ0n) is 9.64. The summed E-state index contributed by atoms with van der Waals surface area (Å²) in [5.41, 5.74) is 0. The molecular weight excluding hydrogens is 319 g/mol. The van der Waals surface area contributed by atoms with E-state index in [2.05, 4.69) is 4.72 Å². The Bertz CT molecular complexity index is 661. The van der Waals surface area contributed by atoms with Crippen molar-refractivity contribution in [2.75, 3.05) is 12.3 Å². The standard InChI is InChI=1S/C9H12ClFN2O4S2/c10-8-3-2-7(11)6-9(8)19(16,17)13-4-1-5-18(12,14)15/h2-3,6,13H,1,4-5H2,(H2,12,14,15). The fraction of sp³-hybridized carbons (Fsp3) is 0.333. The van der Waals surface area contributed by atoms with Gasteiger partial charge in [-0.3, -0.25) is 0 Å². The van der Waals surface area contributed by atoms with Gasteiger partial charge < -0.3 is 0 Å². The normalized spacial score (nSPS) is 12.6. The number of nitrogens with two attached hydrogens (primary N) is 1. The van der Waals surface area contributed by atoms with Crippen LogP contribution in [0, 0.1) is 5.82 Å². The van der Waals surface area contributed by atoms with E-state index < -0.39 is 30.8 Å². The summed E-state index contributed by atoms with van der Waals surface area (Å²) in [6, 6.07) is 2.93. The maximum atomic E-state index is 13.0. The summed E-state index contributed by atoms with van der Waals surface area (Å²) in [5, 5.41) is 4.64. The van der Waals surface area contributed by atoms with Crippen molar-refractivity contribution in [1.82, 2.24) is 4.72 Å². The molecule has 0 aliphatic carbocycles. The first kappa shape index (κ1) is 16.3. The number of hydrogen-bond acceptors (Lipinski definition) is 4. The molecule has 6 nitrogen and oxygen atoms in total. The first-order chi connectivity index (χ1) is 8.62. The van der Waals surface area contributed by atoms with Gasteiger partial charge in [-0.2, -0.15) is 0 Å². The molecule has 1 rings (SSSR count). The molecule has 0 aromatic heterocycles. The summed E-state index contributed by atoms with van der Waals surface area (Å²) in [4.78, 5) is -0.398. The topological polar surface area (TPSA) is 106 Å². The predicted molar refractivity (Wildman–Crippen MR) is 69.2 cm³/mol. The van der Waals surface area contributed by atoms with Crippen LogP contribution in [0.5, 0.6) is 0 Å². The monoisotopic (exact) mass is 330 g/mol. The van der Waals surface area contributed by atoms with Crippen molar-refractivity contribution < 1.29 is 21.2 Å². The van der Waals surface area contributed by atoms with Crippen LogP contribution in [0.25, 0.3) is 0 Å². The number of sulfonamides is 2. The Hall–Kier alpha value is -0.740. The SMILES string of the molecule is NS(=O)(=O)CCCNS(=O)(=O)c1cc(F)ccc1Cl. The zero-order valence-corrected chi connectivity index (χ0v) is 12.0. The molecule has 0 saturated heterocycles. The number of hydrogen-bond donors (Lipinski definition) is 2. The Kier molecular flexibility index (Phi) is 5.27. The molecule has 0 bridgehead atoms. The molecule has 0 aliphatic heterocycles. The minimum absolute atomic E-state index is 0.00496. The van der Waals surface area contributed by atoms with Crippen LogP contribution < -0.4 is 9.86 Å². The number of nitrogens with one attached hydrogen (secondary N) is 1. The van der Waals surface area contributed by atoms with Crippen molar-refractivity contribution in [3.63, 3.8) is 0 Å². The van der Waals surface area contributed by atoms with Crippen LogP contribution in [0.1, 0.15) is 6.42 Å². The molecule has 0 fully saturated rings. The summed E-state index contributed by atoms with van der Waals surface area (Å²) in [6.45, 7) is -0.147. The quantitative estimate of drug-likeness (QED) is 0.738. The van der Waals surface area contributed by atoms with Gasteiger partial charge in [0, 0.05) is 6.54 Å². The van der Waals surface area contributed by atoms with Crippen LogP contribution in [0.15, 0.2) is 23.1 Å². The predicted octanol–water partition coefficient (Wildman–Crippen LogP) is 0.436. The first-order valence-corrected chi connectivity index (χ1v) is 8.65. The highest BCUT2D eigenvalue weighted by Crippen LogP contribution is 2.21. The molecule has 0 spiro atoms. The van der Waals surface area contributed by atoms with E-state index in [1.54, 1.807) is 0 Å². The third kappa shape index (κ3) is 5.41. The lowest BCUT2D eigenvalue weighted by atomic mass is 10.3. The lowest BCUT2D eigenvalue weighted by molar-refractivity contribution is 0.574. The summed E-state index contributed by atoms with van der Waals surface area (Å²) in [7, 11) is -7.63. The largest absolute Gasteiger partial charge is 0.242 e. The lowest BCUT2D eigenvalue weighted by Crippen LogP contribution is -2.27. The lowest BCUT2D eigenvalue weighted by Gasteiger charge is -2.08. The first-order valence-electron chi connectivity index (χ1n) is 5.07. The van der Waals surface area contributed by atoms with Crippen molar-refractivity contribution in [1.29, 1.82) is 0 Å². The average Bonchev–Trinajstić information content (AvgIpc) is 2.26. The van der Waals surface area contributed by atoms with Crippen LogP contribution >= 0.6 is 11.6 Å². The van der Waals surface area contributed by atoms with Crippen LogP contribution in [-0.2, 0) is 20.0 Å². The molecule has 10 heteroatoms. The molecule has 0 amide bonds. The van der Waals surface area contributed by atoms with Crippen molar-refractivity contribution in [3.05, 3.63) is 29.0 Å². The Morgan fingerprint density at radius 1 is 1.26 bits per heavy atom. The molecule has 0 aliphatic rings. The van der Waals surface area contributed by atoms with Gasteiger partial charge in [0.1, 0.15) is 10.7 Å². The van der Waals surface area contributed by atoms with Gasteiger partial charge in [-0.05, 0) is 24.6 Å². The molecule has 0 saturated carbocycles. The van der Waals surface area contributed by atoms with Gasteiger partial charge in [0.2, 0.25) is 20.0 Å². The molecule has 0 atom stereocenters. The zero-order chi connectivity index (χ0) is 14.7. The van der Waals surface area contributed by atoms with E-state index >= 15 is 0 Å². The summed E-state index contributed by atoms with van der Waals surface area (Å²) >= 11 is 5.66. The highest BCUT2D eigenvalue weighted by atomic mass is 35.5. The molecule has 108 valence electrons. The number of halogens is 2. The van der Waals surface area contributed by atoms with Crippen LogP contribution in [0.2, 0.25) is 5.02 Å². The van der Waals surface area contributed by atoms with Crippen molar-refractivity contribution in [3.8, 4) is 0 Å². The van der Waals surface area contributed by atoms with Crippen LogP contribution in [-0.4, -0.2) is 29.1 Å². The van der Waals surface area contributed by atoms with Gasteiger partial charge in [-0.25, -0.2) is 31.1 Å². The molecule has 1 aromatic carbocycles. The maximum Gasteiger partial charge on any atom is 0.242 e. The summed E-state index contributed by atoms with van der Waals surface area (Å²) in [5.74, 6) is -1.10. The van der Waals surface area contributed by atoms with Gasteiger partial charge in [-0.1, -0.05) is 11.6 Å². The van der Waals surface area contributed by atoms with Crippen molar-refractivity contribution in [2.45, 2.75) is 11.3 Å². The van der Waals surface area contributed by atoms with Gasteiger partial charge in [-0.15, -0.1) is 0 Å².